The van der Waals surface area contributed by atoms with E-state index >= 15 is 0 Å². The molecule has 0 aromatic heterocycles. The van der Waals surface area contributed by atoms with Crippen molar-refractivity contribution >= 4 is 34.6 Å². The second-order valence-corrected chi connectivity index (χ2v) is 3.61. The molecular weight excluding hydrogens is 281 g/mol. The molecule has 3 nitrogen and oxygen atoms in total. The zero-order chi connectivity index (χ0) is 9.68. The second-order valence-electron chi connectivity index (χ2n) is 2.36. The third kappa shape index (κ3) is 3.56. The van der Waals surface area contributed by atoms with E-state index in [2.05, 4.69) is 22.6 Å². The molecule has 0 spiro atoms. The number of hydrogen-bond acceptors (Lipinski definition) is 2. The lowest BCUT2D eigenvalue weighted by atomic mass is 10.2. The number of benzene rings is 1. The monoisotopic (exact) mass is 289 g/mol. The molecule has 1 aromatic carbocycles. The van der Waals surface area contributed by atoms with E-state index in [1.165, 1.54) is 11.6 Å². The van der Waals surface area contributed by atoms with Gasteiger partial charge >= 0.3 is 0 Å². The van der Waals surface area contributed by atoms with Gasteiger partial charge in [-0.3, -0.25) is 10.0 Å². The van der Waals surface area contributed by atoms with Crippen molar-refractivity contribution in [3.8, 4) is 0 Å². The SMILES string of the molecule is O=C(C=Cc1ccc(I)cc1)NO. The number of hydroxylamine groups is 1. The Balaban J connectivity index is 2.69. The summed E-state index contributed by atoms with van der Waals surface area (Å²) < 4.78 is 1.14. The molecular formula is C9H8INO2. The van der Waals surface area contributed by atoms with Crippen molar-refractivity contribution in [1.29, 1.82) is 0 Å². The zero-order valence-corrected chi connectivity index (χ0v) is 8.86. The maximum atomic E-state index is 10.6. The molecule has 0 saturated heterocycles. The van der Waals surface area contributed by atoms with Crippen LogP contribution >= 0.6 is 22.6 Å². The van der Waals surface area contributed by atoms with Gasteiger partial charge in [-0.1, -0.05) is 12.1 Å². The van der Waals surface area contributed by atoms with Gasteiger partial charge in [0.15, 0.2) is 0 Å². The molecule has 0 bridgehead atoms. The van der Waals surface area contributed by atoms with Gasteiger partial charge in [-0.25, -0.2) is 5.48 Å². The Morgan fingerprint density at radius 3 is 2.54 bits per heavy atom. The zero-order valence-electron chi connectivity index (χ0n) is 6.70. The van der Waals surface area contributed by atoms with Gasteiger partial charge in [-0.05, 0) is 46.4 Å². The Labute approximate surface area is 89.6 Å². The minimum atomic E-state index is -0.529. The summed E-state index contributed by atoms with van der Waals surface area (Å²) in [4.78, 5) is 10.6. The van der Waals surface area contributed by atoms with E-state index in [1.54, 1.807) is 6.08 Å². The van der Waals surface area contributed by atoms with E-state index < -0.39 is 5.91 Å². The summed E-state index contributed by atoms with van der Waals surface area (Å²) in [6.45, 7) is 0. The lowest BCUT2D eigenvalue weighted by Crippen LogP contribution is -2.14. The van der Waals surface area contributed by atoms with Gasteiger partial charge in [0.1, 0.15) is 0 Å². The molecule has 0 atom stereocenters. The molecule has 0 aliphatic heterocycles. The minimum Gasteiger partial charge on any atom is -0.288 e. The van der Waals surface area contributed by atoms with E-state index in [4.69, 9.17) is 5.21 Å². The Morgan fingerprint density at radius 1 is 1.38 bits per heavy atom. The molecule has 1 amide bonds. The van der Waals surface area contributed by atoms with Crippen LogP contribution in [0.15, 0.2) is 30.3 Å². The average Bonchev–Trinajstić information content (AvgIpc) is 2.16. The Hall–Kier alpha value is -0.880. The number of carbonyl (C=O) groups excluding carboxylic acids is 1. The summed E-state index contributed by atoms with van der Waals surface area (Å²) in [6, 6.07) is 7.67. The third-order valence-electron chi connectivity index (χ3n) is 1.41. The normalized spacial score (nSPS) is 10.3. The van der Waals surface area contributed by atoms with Crippen LogP contribution in [0.5, 0.6) is 0 Å². The van der Waals surface area contributed by atoms with Crippen LogP contribution in [0, 0.1) is 3.57 Å². The highest BCUT2D eigenvalue weighted by molar-refractivity contribution is 14.1. The summed E-state index contributed by atoms with van der Waals surface area (Å²) in [7, 11) is 0. The Morgan fingerprint density at radius 2 is 2.00 bits per heavy atom. The summed E-state index contributed by atoms with van der Waals surface area (Å²) >= 11 is 2.20. The van der Waals surface area contributed by atoms with E-state index in [0.29, 0.717) is 0 Å². The van der Waals surface area contributed by atoms with E-state index in [9.17, 15) is 4.79 Å². The molecule has 0 unspecified atom stereocenters. The van der Waals surface area contributed by atoms with Gasteiger partial charge in [0.2, 0.25) is 0 Å². The van der Waals surface area contributed by atoms with Crippen LogP contribution in [0.2, 0.25) is 0 Å². The number of halogens is 1. The first-order chi connectivity index (χ1) is 6.22. The summed E-state index contributed by atoms with van der Waals surface area (Å²) in [5.41, 5.74) is 2.44. The molecule has 0 aliphatic rings. The van der Waals surface area contributed by atoms with Crippen molar-refractivity contribution in [3.63, 3.8) is 0 Å². The Kier molecular flexibility index (Phi) is 3.91. The van der Waals surface area contributed by atoms with Crippen LogP contribution < -0.4 is 5.48 Å². The Bertz CT molecular complexity index is 319. The number of hydrogen-bond donors (Lipinski definition) is 2. The maximum absolute atomic E-state index is 10.6. The van der Waals surface area contributed by atoms with Gasteiger partial charge < -0.3 is 0 Å². The summed E-state index contributed by atoms with van der Waals surface area (Å²) in [5.74, 6) is -0.529. The van der Waals surface area contributed by atoms with E-state index in [-0.39, 0.29) is 0 Å². The molecule has 1 rings (SSSR count). The first-order valence-electron chi connectivity index (χ1n) is 3.60. The first kappa shape index (κ1) is 10.2. The minimum absolute atomic E-state index is 0.529. The molecule has 0 saturated carbocycles. The fourth-order valence-corrected chi connectivity index (χ4v) is 1.14. The molecule has 13 heavy (non-hydrogen) atoms. The molecule has 0 aliphatic carbocycles. The lowest BCUT2D eigenvalue weighted by molar-refractivity contribution is -0.124. The maximum Gasteiger partial charge on any atom is 0.267 e. The van der Waals surface area contributed by atoms with Gasteiger partial charge in [-0.15, -0.1) is 0 Å². The van der Waals surface area contributed by atoms with Gasteiger partial charge in [0.25, 0.3) is 5.91 Å². The fourth-order valence-electron chi connectivity index (χ4n) is 0.783. The molecule has 2 N–H and O–H groups in total. The van der Waals surface area contributed by atoms with Crippen molar-refractivity contribution in [3.05, 3.63) is 39.5 Å². The van der Waals surface area contributed by atoms with Gasteiger partial charge in [0, 0.05) is 9.65 Å². The van der Waals surface area contributed by atoms with Crippen molar-refractivity contribution < 1.29 is 10.0 Å². The van der Waals surface area contributed by atoms with E-state index in [0.717, 1.165) is 9.13 Å². The predicted octanol–water partition coefficient (Wildman–Crippen LogP) is 1.81. The molecule has 0 radical (unpaired) electrons. The van der Waals surface area contributed by atoms with Crippen LogP contribution in [0.3, 0.4) is 0 Å². The molecule has 0 heterocycles. The van der Waals surface area contributed by atoms with Crippen LogP contribution in [0.25, 0.3) is 6.08 Å². The quantitative estimate of drug-likeness (QED) is 0.377. The van der Waals surface area contributed by atoms with Crippen molar-refractivity contribution in [1.82, 2.24) is 5.48 Å². The number of carbonyl (C=O) groups is 1. The lowest BCUT2D eigenvalue weighted by Gasteiger charge is -1.93. The van der Waals surface area contributed by atoms with Crippen molar-refractivity contribution in [2.75, 3.05) is 0 Å². The highest BCUT2D eigenvalue weighted by atomic mass is 127. The van der Waals surface area contributed by atoms with Crippen LogP contribution in [-0.4, -0.2) is 11.1 Å². The van der Waals surface area contributed by atoms with E-state index in [1.807, 2.05) is 24.3 Å². The van der Waals surface area contributed by atoms with Crippen LogP contribution in [-0.2, 0) is 4.79 Å². The van der Waals surface area contributed by atoms with Gasteiger partial charge in [-0.2, -0.15) is 0 Å². The topological polar surface area (TPSA) is 49.3 Å². The molecule has 68 valence electrons. The third-order valence-corrected chi connectivity index (χ3v) is 2.13. The standard InChI is InChI=1S/C9H8INO2/c10-8-4-1-7(2-5-8)3-6-9(12)11-13/h1-6,13H,(H,11,12). The van der Waals surface area contributed by atoms with Crippen LogP contribution in [0.1, 0.15) is 5.56 Å². The number of nitrogens with one attached hydrogen (secondary N) is 1. The highest BCUT2D eigenvalue weighted by Crippen LogP contribution is 2.07. The molecule has 1 aromatic rings. The average molecular weight is 289 g/mol. The summed E-state index contributed by atoms with van der Waals surface area (Å²) in [5, 5.41) is 8.20. The predicted molar refractivity (Wildman–Crippen MR) is 58.1 cm³/mol. The highest BCUT2D eigenvalue weighted by Gasteiger charge is 1.90. The number of rotatable bonds is 2. The smallest absolute Gasteiger partial charge is 0.267 e. The number of amides is 1. The van der Waals surface area contributed by atoms with Crippen molar-refractivity contribution in [2.45, 2.75) is 0 Å². The summed E-state index contributed by atoms with van der Waals surface area (Å²) in [6.07, 6.45) is 2.89. The fraction of sp³-hybridized carbons (Fsp3) is 0. The first-order valence-corrected chi connectivity index (χ1v) is 4.68. The largest absolute Gasteiger partial charge is 0.288 e. The van der Waals surface area contributed by atoms with Crippen LogP contribution in [0.4, 0.5) is 0 Å². The molecule has 4 heteroatoms. The van der Waals surface area contributed by atoms with Crippen molar-refractivity contribution in [2.24, 2.45) is 0 Å². The molecule has 0 fully saturated rings. The van der Waals surface area contributed by atoms with Gasteiger partial charge in [0.05, 0.1) is 0 Å². The second kappa shape index (κ2) is 4.98.